The summed E-state index contributed by atoms with van der Waals surface area (Å²) in [6, 6.07) is 7.61. The lowest BCUT2D eigenvalue weighted by Gasteiger charge is -2.34. The van der Waals surface area contributed by atoms with Gasteiger partial charge in [-0.2, -0.15) is 0 Å². The van der Waals surface area contributed by atoms with Crippen LogP contribution >= 0.6 is 0 Å². The summed E-state index contributed by atoms with van der Waals surface area (Å²) in [5.41, 5.74) is 2.47. The van der Waals surface area contributed by atoms with Crippen LogP contribution < -0.4 is 10.2 Å². The van der Waals surface area contributed by atoms with Crippen molar-refractivity contribution in [2.24, 2.45) is 0 Å². The Hall–Kier alpha value is -2.47. The number of rotatable bonds is 4. The van der Waals surface area contributed by atoms with E-state index in [2.05, 4.69) is 32.1 Å². The molecular weight excluding hydrogens is 290 g/mol. The van der Waals surface area contributed by atoms with Crippen molar-refractivity contribution < 1.29 is 4.79 Å². The fraction of sp³-hybridized carbons (Fsp3) is 0.353. The largest absolute Gasteiger partial charge is 0.369 e. The van der Waals surface area contributed by atoms with Crippen LogP contribution in [0.3, 0.4) is 0 Å². The third-order valence-electron chi connectivity index (χ3n) is 4.02. The molecule has 0 aromatic carbocycles. The lowest BCUT2D eigenvalue weighted by Crippen LogP contribution is -2.44. The molecule has 120 valence electrons. The number of nitrogens with zero attached hydrogens (tertiary/aromatic N) is 4. The van der Waals surface area contributed by atoms with Gasteiger partial charge in [-0.1, -0.05) is 6.07 Å². The van der Waals surface area contributed by atoms with Gasteiger partial charge in [0.15, 0.2) is 0 Å². The lowest BCUT2D eigenvalue weighted by atomic mass is 10.2. The molecule has 6 heteroatoms. The highest BCUT2D eigenvalue weighted by Crippen LogP contribution is 2.16. The summed E-state index contributed by atoms with van der Waals surface area (Å²) in [6.45, 7) is 4.46. The second-order valence-electron chi connectivity index (χ2n) is 5.73. The molecule has 2 aromatic heterocycles. The molecular formula is C17H21N5O. The average Bonchev–Trinajstić information content (AvgIpc) is 2.61. The maximum atomic E-state index is 12.3. The lowest BCUT2D eigenvalue weighted by molar-refractivity contribution is 0.0946. The number of nitrogens with one attached hydrogen (secondary N) is 1. The highest BCUT2D eigenvalue weighted by atomic mass is 16.1. The van der Waals surface area contributed by atoms with Crippen molar-refractivity contribution in [1.29, 1.82) is 0 Å². The minimum Gasteiger partial charge on any atom is -0.369 e. The number of likely N-dealkylation sites (N-methyl/N-ethyl adjacent to an activating group) is 1. The Morgan fingerprint density at radius 1 is 1.22 bits per heavy atom. The van der Waals surface area contributed by atoms with E-state index in [1.54, 1.807) is 18.6 Å². The second-order valence-corrected chi connectivity index (χ2v) is 5.73. The van der Waals surface area contributed by atoms with Gasteiger partial charge in [-0.15, -0.1) is 0 Å². The highest BCUT2D eigenvalue weighted by Gasteiger charge is 2.16. The van der Waals surface area contributed by atoms with E-state index in [9.17, 15) is 4.79 Å². The molecule has 3 heterocycles. The summed E-state index contributed by atoms with van der Waals surface area (Å²) in [5.74, 6) is -0.162. The second kappa shape index (κ2) is 7.19. The van der Waals surface area contributed by atoms with Gasteiger partial charge in [0.2, 0.25) is 0 Å². The first kappa shape index (κ1) is 15.4. The number of piperazine rings is 1. The number of hydrogen-bond acceptors (Lipinski definition) is 5. The molecule has 1 aliphatic rings. The van der Waals surface area contributed by atoms with Crippen molar-refractivity contribution >= 4 is 11.6 Å². The van der Waals surface area contributed by atoms with Crippen molar-refractivity contribution in [3.63, 3.8) is 0 Å². The summed E-state index contributed by atoms with van der Waals surface area (Å²) in [4.78, 5) is 25.1. The van der Waals surface area contributed by atoms with E-state index in [1.165, 1.54) is 0 Å². The van der Waals surface area contributed by atoms with Gasteiger partial charge in [-0.3, -0.25) is 14.8 Å². The van der Waals surface area contributed by atoms with Crippen molar-refractivity contribution in [3.8, 4) is 0 Å². The smallest absolute Gasteiger partial charge is 0.270 e. The maximum Gasteiger partial charge on any atom is 0.270 e. The normalized spacial score (nSPS) is 15.4. The van der Waals surface area contributed by atoms with Crippen molar-refractivity contribution in [3.05, 3.63) is 54.1 Å². The summed E-state index contributed by atoms with van der Waals surface area (Å²) in [6.07, 6.45) is 5.16. The van der Waals surface area contributed by atoms with E-state index in [0.29, 0.717) is 12.2 Å². The first-order valence-electron chi connectivity index (χ1n) is 7.79. The van der Waals surface area contributed by atoms with Crippen LogP contribution in [-0.4, -0.2) is 54.0 Å². The zero-order chi connectivity index (χ0) is 16.1. The molecule has 1 fully saturated rings. The predicted octanol–water partition coefficient (Wildman–Crippen LogP) is 1.16. The van der Waals surface area contributed by atoms with E-state index in [1.807, 2.05) is 24.3 Å². The molecule has 1 N–H and O–H groups in total. The molecule has 0 atom stereocenters. The minimum atomic E-state index is -0.162. The van der Waals surface area contributed by atoms with Gasteiger partial charge in [-0.25, -0.2) is 0 Å². The van der Waals surface area contributed by atoms with E-state index in [0.717, 1.165) is 37.4 Å². The summed E-state index contributed by atoms with van der Waals surface area (Å²) >= 11 is 0. The van der Waals surface area contributed by atoms with Crippen LogP contribution in [-0.2, 0) is 6.54 Å². The Morgan fingerprint density at radius 3 is 2.78 bits per heavy atom. The van der Waals surface area contributed by atoms with Crippen LogP contribution in [0.1, 0.15) is 16.1 Å². The van der Waals surface area contributed by atoms with Crippen molar-refractivity contribution in [1.82, 2.24) is 20.2 Å². The Labute approximate surface area is 136 Å². The molecule has 1 aliphatic heterocycles. The van der Waals surface area contributed by atoms with Gasteiger partial charge >= 0.3 is 0 Å². The molecule has 1 saturated heterocycles. The first-order valence-corrected chi connectivity index (χ1v) is 7.79. The average molecular weight is 311 g/mol. The molecule has 0 radical (unpaired) electrons. The van der Waals surface area contributed by atoms with Crippen molar-refractivity contribution in [2.75, 3.05) is 38.1 Å². The molecule has 0 bridgehead atoms. The van der Waals surface area contributed by atoms with Gasteiger partial charge in [0, 0.05) is 57.0 Å². The monoisotopic (exact) mass is 311 g/mol. The van der Waals surface area contributed by atoms with Crippen LogP contribution in [0.4, 0.5) is 5.69 Å². The number of carbonyl (C=O) groups excluding carboxylic acids is 1. The van der Waals surface area contributed by atoms with Crippen LogP contribution in [0.15, 0.2) is 42.9 Å². The first-order chi connectivity index (χ1) is 11.2. The van der Waals surface area contributed by atoms with Crippen molar-refractivity contribution in [2.45, 2.75) is 6.54 Å². The minimum absolute atomic E-state index is 0.162. The number of carbonyl (C=O) groups is 1. The molecule has 0 unspecified atom stereocenters. The Morgan fingerprint density at radius 2 is 2.04 bits per heavy atom. The van der Waals surface area contributed by atoms with Crippen LogP contribution in [0.25, 0.3) is 0 Å². The van der Waals surface area contributed by atoms with Crippen LogP contribution in [0.2, 0.25) is 0 Å². The Bertz CT molecular complexity index is 653. The van der Waals surface area contributed by atoms with Gasteiger partial charge in [0.25, 0.3) is 5.91 Å². The van der Waals surface area contributed by atoms with Gasteiger partial charge in [0.05, 0.1) is 0 Å². The fourth-order valence-corrected chi connectivity index (χ4v) is 2.58. The molecule has 1 amide bonds. The molecule has 0 aliphatic carbocycles. The predicted molar refractivity (Wildman–Crippen MR) is 89.4 cm³/mol. The Balaban J connectivity index is 1.63. The van der Waals surface area contributed by atoms with Gasteiger partial charge in [-0.05, 0) is 30.8 Å². The Kier molecular flexibility index (Phi) is 4.83. The molecule has 2 aromatic rings. The van der Waals surface area contributed by atoms with E-state index in [-0.39, 0.29) is 5.91 Å². The number of aromatic nitrogens is 2. The standard InChI is InChI=1S/C17H21N5O/c1-21-7-9-22(10-8-21)15-4-6-19-16(11-15)17(23)20-13-14-3-2-5-18-12-14/h2-6,11-12H,7-10,13H2,1H3,(H,20,23). The van der Waals surface area contributed by atoms with Gasteiger partial charge < -0.3 is 15.1 Å². The topological polar surface area (TPSA) is 61.4 Å². The number of pyridine rings is 2. The molecule has 6 nitrogen and oxygen atoms in total. The summed E-state index contributed by atoms with van der Waals surface area (Å²) in [5, 5.41) is 2.88. The molecule has 0 saturated carbocycles. The fourth-order valence-electron chi connectivity index (χ4n) is 2.58. The molecule has 23 heavy (non-hydrogen) atoms. The SMILES string of the molecule is CN1CCN(c2ccnc(C(=O)NCc3cccnc3)c2)CC1. The quantitative estimate of drug-likeness (QED) is 0.918. The zero-order valence-electron chi connectivity index (χ0n) is 13.3. The number of hydrogen-bond donors (Lipinski definition) is 1. The van der Waals surface area contributed by atoms with Crippen LogP contribution in [0.5, 0.6) is 0 Å². The summed E-state index contributed by atoms with van der Waals surface area (Å²) in [7, 11) is 2.13. The van der Waals surface area contributed by atoms with E-state index >= 15 is 0 Å². The van der Waals surface area contributed by atoms with E-state index in [4.69, 9.17) is 0 Å². The number of anilines is 1. The molecule has 0 spiro atoms. The summed E-state index contributed by atoms with van der Waals surface area (Å²) < 4.78 is 0. The third kappa shape index (κ3) is 4.04. The maximum absolute atomic E-state index is 12.3. The highest BCUT2D eigenvalue weighted by molar-refractivity contribution is 5.93. The van der Waals surface area contributed by atoms with Gasteiger partial charge in [0.1, 0.15) is 5.69 Å². The number of amides is 1. The van der Waals surface area contributed by atoms with E-state index < -0.39 is 0 Å². The molecule has 3 rings (SSSR count). The third-order valence-corrected chi connectivity index (χ3v) is 4.02. The zero-order valence-corrected chi connectivity index (χ0v) is 13.3. The van der Waals surface area contributed by atoms with Crippen LogP contribution in [0, 0.1) is 0 Å².